The van der Waals surface area contributed by atoms with Crippen molar-refractivity contribution in [2.45, 2.75) is 24.3 Å². The van der Waals surface area contributed by atoms with Crippen LogP contribution < -0.4 is 5.32 Å². The molecule has 3 aromatic rings. The van der Waals surface area contributed by atoms with Crippen LogP contribution in [0.5, 0.6) is 0 Å². The Morgan fingerprint density at radius 3 is 2.79 bits per heavy atom. The molecule has 0 radical (unpaired) electrons. The fraction of sp³-hybridized carbons (Fsp3) is 0.176. The minimum Gasteiger partial charge on any atom is -0.325 e. The molecule has 0 bridgehead atoms. The number of hydrogen-bond acceptors (Lipinski definition) is 7. The highest BCUT2D eigenvalue weighted by molar-refractivity contribution is 8.00. The Labute approximate surface area is 163 Å². The Morgan fingerprint density at radius 1 is 1.32 bits per heavy atom. The van der Waals surface area contributed by atoms with E-state index in [1.165, 1.54) is 10.7 Å². The standard InChI is InChI=1S/C17H15FN6O3S/c1-10-5-3-4-6-14(10)23-17(20-21-22-23)28-11(2)16(25)19-12-7-8-13(18)15(9-12)24(26)27/h3-9,11H,1-2H3,(H,19,25)/t11-/m0/s1. The lowest BCUT2D eigenvalue weighted by Crippen LogP contribution is -2.23. The molecule has 1 aromatic heterocycles. The largest absolute Gasteiger partial charge is 0.325 e. The molecule has 3 rings (SSSR count). The summed E-state index contributed by atoms with van der Waals surface area (Å²) in [5, 5.41) is 24.8. The topological polar surface area (TPSA) is 116 Å². The fourth-order valence-corrected chi connectivity index (χ4v) is 3.19. The van der Waals surface area contributed by atoms with Gasteiger partial charge in [-0.2, -0.15) is 9.07 Å². The first kappa shape index (κ1) is 19.4. The zero-order chi connectivity index (χ0) is 20.3. The van der Waals surface area contributed by atoms with Crippen molar-refractivity contribution < 1.29 is 14.1 Å². The van der Waals surface area contributed by atoms with Crippen LogP contribution in [0.3, 0.4) is 0 Å². The van der Waals surface area contributed by atoms with Crippen molar-refractivity contribution in [3.05, 3.63) is 64.0 Å². The van der Waals surface area contributed by atoms with E-state index >= 15 is 0 Å². The summed E-state index contributed by atoms with van der Waals surface area (Å²) in [6.45, 7) is 3.57. The van der Waals surface area contributed by atoms with Gasteiger partial charge in [0.2, 0.25) is 16.9 Å². The molecule has 0 aliphatic rings. The number of nitro benzene ring substituents is 1. The molecule has 0 aliphatic carbocycles. The Kier molecular flexibility index (Phi) is 5.64. The van der Waals surface area contributed by atoms with E-state index in [2.05, 4.69) is 20.8 Å². The van der Waals surface area contributed by atoms with Crippen LogP contribution in [0, 0.1) is 22.9 Å². The highest BCUT2D eigenvalue weighted by Crippen LogP contribution is 2.26. The van der Waals surface area contributed by atoms with Crippen molar-refractivity contribution in [3.8, 4) is 5.69 Å². The molecule has 9 nitrogen and oxygen atoms in total. The van der Waals surface area contributed by atoms with Gasteiger partial charge in [-0.1, -0.05) is 30.0 Å². The molecular formula is C17H15FN6O3S. The minimum atomic E-state index is -0.970. The summed E-state index contributed by atoms with van der Waals surface area (Å²) in [7, 11) is 0. The van der Waals surface area contributed by atoms with E-state index in [9.17, 15) is 19.3 Å². The molecule has 1 heterocycles. The van der Waals surface area contributed by atoms with E-state index in [1.54, 1.807) is 6.92 Å². The van der Waals surface area contributed by atoms with Crippen molar-refractivity contribution in [1.29, 1.82) is 0 Å². The number of amides is 1. The Balaban J connectivity index is 1.74. The van der Waals surface area contributed by atoms with Crippen LogP contribution in [0.4, 0.5) is 15.8 Å². The summed E-state index contributed by atoms with van der Waals surface area (Å²) in [4.78, 5) is 22.4. The fourth-order valence-electron chi connectivity index (χ4n) is 2.39. The highest BCUT2D eigenvalue weighted by atomic mass is 32.2. The van der Waals surface area contributed by atoms with Crippen molar-refractivity contribution >= 4 is 29.0 Å². The molecule has 0 aliphatic heterocycles. The summed E-state index contributed by atoms with van der Waals surface area (Å²) in [6.07, 6.45) is 0. The number of tetrazole rings is 1. The van der Waals surface area contributed by atoms with Gasteiger partial charge >= 0.3 is 5.69 Å². The second kappa shape index (κ2) is 8.13. The van der Waals surface area contributed by atoms with Gasteiger partial charge in [0, 0.05) is 11.8 Å². The quantitative estimate of drug-likeness (QED) is 0.382. The number of nitro groups is 1. The second-order valence-corrected chi connectivity index (χ2v) is 7.14. The van der Waals surface area contributed by atoms with Crippen molar-refractivity contribution in [2.24, 2.45) is 0 Å². The molecule has 0 fully saturated rings. The van der Waals surface area contributed by atoms with Gasteiger partial charge in [0.15, 0.2) is 0 Å². The normalized spacial score (nSPS) is 11.8. The van der Waals surface area contributed by atoms with Gasteiger partial charge in [-0.25, -0.2) is 0 Å². The number of aromatic nitrogens is 4. The first-order chi connectivity index (χ1) is 13.4. The number of thioether (sulfide) groups is 1. The molecule has 11 heteroatoms. The average molecular weight is 402 g/mol. The molecule has 2 aromatic carbocycles. The molecule has 144 valence electrons. The van der Waals surface area contributed by atoms with Gasteiger partial charge in [-0.05, 0) is 48.0 Å². The van der Waals surface area contributed by atoms with Gasteiger partial charge < -0.3 is 5.32 Å². The smallest absolute Gasteiger partial charge is 0.306 e. The summed E-state index contributed by atoms with van der Waals surface area (Å²) < 4.78 is 15.0. The van der Waals surface area contributed by atoms with E-state index in [0.29, 0.717) is 5.16 Å². The number of carbonyl (C=O) groups excluding carboxylic acids is 1. The number of anilines is 1. The van der Waals surface area contributed by atoms with Crippen LogP contribution in [0.2, 0.25) is 0 Å². The molecule has 0 unspecified atom stereocenters. The van der Waals surface area contributed by atoms with Gasteiger partial charge in [-0.15, -0.1) is 5.10 Å². The molecule has 1 atom stereocenters. The third-order valence-corrected chi connectivity index (χ3v) is 4.88. The summed E-state index contributed by atoms with van der Waals surface area (Å²) >= 11 is 1.13. The third-order valence-electron chi connectivity index (χ3n) is 3.85. The Bertz CT molecular complexity index is 1040. The lowest BCUT2D eigenvalue weighted by atomic mass is 10.2. The Hall–Kier alpha value is -3.34. The predicted octanol–water partition coefficient (Wildman–Crippen LogP) is 3.14. The molecule has 1 amide bonds. The maximum Gasteiger partial charge on any atom is 0.306 e. The number of hydrogen-bond donors (Lipinski definition) is 1. The average Bonchev–Trinajstić information content (AvgIpc) is 3.11. The monoisotopic (exact) mass is 402 g/mol. The van der Waals surface area contributed by atoms with E-state index in [4.69, 9.17) is 0 Å². The predicted molar refractivity (Wildman–Crippen MR) is 101 cm³/mol. The van der Waals surface area contributed by atoms with Crippen LogP contribution in [-0.4, -0.2) is 36.3 Å². The molecule has 0 spiro atoms. The Morgan fingerprint density at radius 2 is 2.07 bits per heavy atom. The number of benzene rings is 2. The SMILES string of the molecule is Cc1ccccc1-n1nnnc1S[C@@H](C)C(=O)Nc1ccc(F)c([N+](=O)[O-])c1. The first-order valence-electron chi connectivity index (χ1n) is 8.12. The van der Waals surface area contributed by atoms with Crippen LogP contribution in [-0.2, 0) is 4.79 Å². The van der Waals surface area contributed by atoms with Crippen LogP contribution >= 0.6 is 11.8 Å². The summed E-state index contributed by atoms with van der Waals surface area (Å²) in [5.74, 6) is -1.40. The van der Waals surface area contributed by atoms with Crippen LogP contribution in [0.15, 0.2) is 47.6 Å². The summed E-state index contributed by atoms with van der Waals surface area (Å²) in [6, 6.07) is 10.7. The van der Waals surface area contributed by atoms with Gasteiger partial charge in [0.05, 0.1) is 15.9 Å². The van der Waals surface area contributed by atoms with Crippen LogP contribution in [0.1, 0.15) is 12.5 Å². The zero-order valence-corrected chi connectivity index (χ0v) is 15.7. The maximum absolute atomic E-state index is 13.4. The van der Waals surface area contributed by atoms with E-state index < -0.39 is 27.6 Å². The van der Waals surface area contributed by atoms with Gasteiger partial charge in [0.1, 0.15) is 0 Å². The number of nitrogens with zero attached hydrogens (tertiary/aromatic N) is 5. The van der Waals surface area contributed by atoms with Crippen molar-refractivity contribution in [2.75, 3.05) is 5.32 Å². The van der Waals surface area contributed by atoms with Gasteiger partial charge in [0.25, 0.3) is 0 Å². The number of nitrogens with one attached hydrogen (secondary N) is 1. The van der Waals surface area contributed by atoms with E-state index in [0.717, 1.165) is 35.1 Å². The molecule has 0 saturated carbocycles. The number of halogens is 1. The number of rotatable bonds is 6. The first-order valence-corrected chi connectivity index (χ1v) is 9.00. The van der Waals surface area contributed by atoms with Crippen molar-refractivity contribution in [3.63, 3.8) is 0 Å². The highest BCUT2D eigenvalue weighted by Gasteiger charge is 2.21. The van der Waals surface area contributed by atoms with Gasteiger partial charge in [-0.3, -0.25) is 14.9 Å². The third kappa shape index (κ3) is 4.14. The molecule has 28 heavy (non-hydrogen) atoms. The van der Waals surface area contributed by atoms with Crippen molar-refractivity contribution in [1.82, 2.24) is 20.2 Å². The lowest BCUT2D eigenvalue weighted by Gasteiger charge is -2.12. The molecule has 1 N–H and O–H groups in total. The van der Waals surface area contributed by atoms with E-state index in [-0.39, 0.29) is 5.69 Å². The minimum absolute atomic E-state index is 0.129. The van der Waals surface area contributed by atoms with E-state index in [1.807, 2.05) is 31.2 Å². The number of aryl methyl sites for hydroxylation is 1. The summed E-state index contributed by atoms with van der Waals surface area (Å²) in [5.41, 5.74) is 1.18. The maximum atomic E-state index is 13.4. The zero-order valence-electron chi connectivity index (χ0n) is 14.9. The van der Waals surface area contributed by atoms with Crippen LogP contribution in [0.25, 0.3) is 5.69 Å². The molecular weight excluding hydrogens is 387 g/mol. The number of para-hydroxylation sites is 1. The lowest BCUT2D eigenvalue weighted by molar-refractivity contribution is -0.387. The molecule has 0 saturated heterocycles. The second-order valence-electron chi connectivity index (χ2n) is 5.83. The number of carbonyl (C=O) groups is 1.